The van der Waals surface area contributed by atoms with E-state index in [-0.39, 0.29) is 18.8 Å². The van der Waals surface area contributed by atoms with Crippen LogP contribution in [0.3, 0.4) is 0 Å². The molecule has 7 nitrogen and oxygen atoms in total. The average molecular weight is 564 g/mol. The first kappa shape index (κ1) is 27.8. The molecule has 41 heavy (non-hydrogen) atoms. The van der Waals surface area contributed by atoms with Crippen molar-refractivity contribution >= 4 is 29.1 Å². The zero-order valence-corrected chi connectivity index (χ0v) is 23.9. The smallest absolute Gasteiger partial charge is 0.338 e. The summed E-state index contributed by atoms with van der Waals surface area (Å²) >= 11 is 1.27. The third-order valence-corrected chi connectivity index (χ3v) is 7.76. The fourth-order valence-electron chi connectivity index (χ4n) is 4.75. The Morgan fingerprint density at radius 2 is 1.78 bits per heavy atom. The summed E-state index contributed by atoms with van der Waals surface area (Å²) in [6.45, 7) is 6.17. The Kier molecular flexibility index (Phi) is 8.27. The lowest BCUT2D eigenvalue weighted by molar-refractivity contribution is -0.138. The summed E-state index contributed by atoms with van der Waals surface area (Å²) in [5.74, 6) is 0.402. The number of benzene rings is 3. The molecule has 1 aliphatic heterocycles. The van der Waals surface area contributed by atoms with Crippen molar-refractivity contribution < 1.29 is 14.3 Å². The molecule has 1 atom stereocenters. The van der Waals surface area contributed by atoms with Gasteiger partial charge >= 0.3 is 5.97 Å². The third-order valence-electron chi connectivity index (χ3n) is 6.77. The molecule has 1 aliphatic rings. The maximum absolute atomic E-state index is 14.0. The van der Waals surface area contributed by atoms with Gasteiger partial charge in [-0.15, -0.1) is 0 Å². The zero-order valence-electron chi connectivity index (χ0n) is 23.0. The van der Waals surface area contributed by atoms with Gasteiger partial charge in [0.15, 0.2) is 11.4 Å². The van der Waals surface area contributed by atoms with Crippen molar-refractivity contribution in [3.05, 3.63) is 126 Å². The molecular weight excluding hydrogens is 534 g/mol. The topological polar surface area (TPSA) is 93.7 Å². The van der Waals surface area contributed by atoms with Gasteiger partial charge in [0.1, 0.15) is 11.8 Å². The maximum atomic E-state index is 14.0. The second kappa shape index (κ2) is 12.2. The van der Waals surface area contributed by atoms with Crippen LogP contribution in [0.5, 0.6) is 5.75 Å². The number of nitrogens with zero attached hydrogens (tertiary/aromatic N) is 3. The van der Waals surface area contributed by atoms with Crippen molar-refractivity contribution in [1.29, 1.82) is 5.26 Å². The maximum Gasteiger partial charge on any atom is 0.338 e. The SMILES string of the molecule is CCOC(=O)C1=C(c2ccccc2)N=c2s/c(=C\c3ccc(OCC#N)cc3)c(=O)n2[C@H]1c1ccc(C(C)C)cc1. The zero-order chi connectivity index (χ0) is 28.9. The summed E-state index contributed by atoms with van der Waals surface area (Å²) < 4.78 is 13.0. The number of hydrogen-bond donors (Lipinski definition) is 0. The van der Waals surface area contributed by atoms with E-state index in [1.165, 1.54) is 11.3 Å². The van der Waals surface area contributed by atoms with Gasteiger partial charge in [-0.1, -0.05) is 91.9 Å². The van der Waals surface area contributed by atoms with Crippen LogP contribution in [0.15, 0.2) is 94.2 Å². The molecule has 8 heteroatoms. The van der Waals surface area contributed by atoms with Crippen LogP contribution in [-0.4, -0.2) is 23.8 Å². The second-order valence-corrected chi connectivity index (χ2v) is 10.8. The molecule has 206 valence electrons. The van der Waals surface area contributed by atoms with E-state index in [1.807, 2.05) is 72.8 Å². The molecule has 5 rings (SSSR count). The molecule has 0 bridgehead atoms. The molecule has 0 fully saturated rings. The van der Waals surface area contributed by atoms with E-state index < -0.39 is 12.0 Å². The van der Waals surface area contributed by atoms with E-state index in [0.29, 0.717) is 32.3 Å². The molecule has 2 heterocycles. The molecule has 0 amide bonds. The largest absolute Gasteiger partial charge is 0.479 e. The molecule has 4 aromatic rings. The van der Waals surface area contributed by atoms with Crippen molar-refractivity contribution in [2.45, 2.75) is 32.7 Å². The number of esters is 1. The number of carbonyl (C=O) groups excluding carboxylic acids is 1. The van der Waals surface area contributed by atoms with Gasteiger partial charge in [-0.2, -0.15) is 5.26 Å². The molecule has 0 N–H and O–H groups in total. The van der Waals surface area contributed by atoms with Crippen LogP contribution in [-0.2, 0) is 9.53 Å². The van der Waals surface area contributed by atoms with E-state index in [4.69, 9.17) is 19.7 Å². The summed E-state index contributed by atoms with van der Waals surface area (Å²) in [7, 11) is 0. The van der Waals surface area contributed by atoms with E-state index in [1.54, 1.807) is 29.7 Å². The number of rotatable bonds is 8. The Bertz CT molecular complexity index is 1810. The van der Waals surface area contributed by atoms with Crippen LogP contribution >= 0.6 is 11.3 Å². The number of thiazole rings is 1. The predicted molar refractivity (Wildman–Crippen MR) is 159 cm³/mol. The van der Waals surface area contributed by atoms with Gasteiger partial charge in [0.05, 0.1) is 28.5 Å². The molecule has 0 saturated heterocycles. The standard InChI is InChI=1S/C33H29N3O4S/c1-4-39-32(38)28-29(24-8-6-5-7-9-24)35-33-36(30(28)25-14-12-23(13-15-25)21(2)3)31(37)27(41-33)20-22-10-16-26(17-11-22)40-19-18-34/h5-17,20-21,30H,4,19H2,1-3H3/b27-20-/t30-/m0/s1. The van der Waals surface area contributed by atoms with Gasteiger partial charge in [-0.05, 0) is 47.7 Å². The lowest BCUT2D eigenvalue weighted by atomic mass is 9.91. The van der Waals surface area contributed by atoms with Crippen LogP contribution in [0.25, 0.3) is 11.8 Å². The average Bonchev–Trinajstić information content (AvgIpc) is 3.30. The predicted octanol–water partition coefficient (Wildman–Crippen LogP) is 4.96. The summed E-state index contributed by atoms with van der Waals surface area (Å²) in [4.78, 5) is 33.0. The molecule has 3 aromatic carbocycles. The van der Waals surface area contributed by atoms with Crippen molar-refractivity contribution in [2.75, 3.05) is 13.2 Å². The minimum absolute atomic E-state index is 0.0390. The number of fused-ring (bicyclic) bond motifs is 1. The first-order chi connectivity index (χ1) is 19.9. The van der Waals surface area contributed by atoms with Crippen LogP contribution in [0, 0.1) is 11.3 Å². The summed E-state index contributed by atoms with van der Waals surface area (Å²) in [6.07, 6.45) is 1.80. The van der Waals surface area contributed by atoms with Crippen molar-refractivity contribution in [1.82, 2.24) is 4.57 Å². The summed E-state index contributed by atoms with van der Waals surface area (Å²) in [5.41, 5.74) is 4.10. The second-order valence-electron chi connectivity index (χ2n) is 9.77. The first-order valence-electron chi connectivity index (χ1n) is 13.4. The molecule has 0 saturated carbocycles. The lowest BCUT2D eigenvalue weighted by Gasteiger charge is -2.26. The highest BCUT2D eigenvalue weighted by atomic mass is 32.1. The minimum atomic E-state index is -0.717. The highest BCUT2D eigenvalue weighted by Gasteiger charge is 2.35. The van der Waals surface area contributed by atoms with Gasteiger partial charge in [0, 0.05) is 5.56 Å². The van der Waals surface area contributed by atoms with E-state index in [0.717, 1.165) is 22.3 Å². The highest BCUT2D eigenvalue weighted by Crippen LogP contribution is 2.35. The third kappa shape index (κ3) is 5.76. The van der Waals surface area contributed by atoms with E-state index in [9.17, 15) is 9.59 Å². The number of nitriles is 1. The molecule has 1 aromatic heterocycles. The van der Waals surface area contributed by atoms with Crippen LogP contribution in [0.2, 0.25) is 0 Å². The Morgan fingerprint density at radius 1 is 1.07 bits per heavy atom. The first-order valence-corrected chi connectivity index (χ1v) is 14.2. The molecule has 0 radical (unpaired) electrons. The van der Waals surface area contributed by atoms with Crippen molar-refractivity contribution in [3.63, 3.8) is 0 Å². The summed E-state index contributed by atoms with van der Waals surface area (Å²) in [5, 5.41) is 8.75. The number of aromatic nitrogens is 1. The minimum Gasteiger partial charge on any atom is -0.479 e. The van der Waals surface area contributed by atoms with Crippen LogP contribution in [0.4, 0.5) is 0 Å². The van der Waals surface area contributed by atoms with Gasteiger partial charge in [-0.25, -0.2) is 9.79 Å². The molecule has 0 unspecified atom stereocenters. The van der Waals surface area contributed by atoms with Gasteiger partial charge in [-0.3, -0.25) is 9.36 Å². The number of ether oxygens (including phenoxy) is 2. The van der Waals surface area contributed by atoms with Crippen molar-refractivity contribution in [2.24, 2.45) is 4.99 Å². The van der Waals surface area contributed by atoms with Crippen LogP contribution < -0.4 is 19.6 Å². The Hall–Kier alpha value is -4.74. The van der Waals surface area contributed by atoms with Gasteiger partial charge in [0.2, 0.25) is 0 Å². The highest BCUT2D eigenvalue weighted by molar-refractivity contribution is 7.07. The normalized spacial score (nSPS) is 14.8. The van der Waals surface area contributed by atoms with E-state index >= 15 is 0 Å². The fraction of sp³-hybridized carbons (Fsp3) is 0.212. The summed E-state index contributed by atoms with van der Waals surface area (Å²) in [6, 6.07) is 25.9. The molecular formula is C33H29N3O4S. The molecule has 0 aliphatic carbocycles. The van der Waals surface area contributed by atoms with Crippen molar-refractivity contribution in [3.8, 4) is 11.8 Å². The number of carbonyl (C=O) groups is 1. The monoisotopic (exact) mass is 563 g/mol. The molecule has 0 spiro atoms. The lowest BCUT2D eigenvalue weighted by Crippen LogP contribution is -2.40. The quantitative estimate of drug-likeness (QED) is 0.283. The Labute approximate surface area is 242 Å². The van der Waals surface area contributed by atoms with Crippen LogP contribution in [0.1, 0.15) is 55.0 Å². The number of hydrogen-bond acceptors (Lipinski definition) is 7. The Balaban J connectivity index is 1.73. The fourth-order valence-corrected chi connectivity index (χ4v) is 5.75. The van der Waals surface area contributed by atoms with Gasteiger partial charge in [0.25, 0.3) is 5.56 Å². The van der Waals surface area contributed by atoms with E-state index in [2.05, 4.69) is 13.8 Å². The Morgan fingerprint density at radius 3 is 2.41 bits per heavy atom. The van der Waals surface area contributed by atoms with Gasteiger partial charge < -0.3 is 9.47 Å².